The zero-order valence-corrected chi connectivity index (χ0v) is 21.2. The van der Waals surface area contributed by atoms with Gasteiger partial charge in [0.2, 0.25) is 0 Å². The van der Waals surface area contributed by atoms with E-state index in [2.05, 4.69) is 83.1 Å². The molecule has 2 aliphatic rings. The molecule has 2 aliphatic carbocycles. The number of hydrogen-bond acceptors (Lipinski definition) is 0. The van der Waals surface area contributed by atoms with Crippen molar-refractivity contribution < 1.29 is 35.6 Å². The first kappa shape index (κ1) is 27.4. The third kappa shape index (κ3) is 6.73. The topological polar surface area (TPSA) is 0 Å². The Morgan fingerprint density at radius 2 is 0.417 bits per heavy atom. The molecule has 0 nitrogen and oxygen atoms in total. The van der Waals surface area contributed by atoms with Crippen molar-refractivity contribution in [1.82, 2.24) is 0 Å². The number of rotatable bonds is 0. The molecule has 0 N–H and O–H groups in total. The summed E-state index contributed by atoms with van der Waals surface area (Å²) in [6.45, 7) is 28.5. The van der Waals surface area contributed by atoms with E-state index in [1.807, 2.05) is 0 Å². The summed E-state index contributed by atoms with van der Waals surface area (Å²) in [6.07, 6.45) is 1.50. The molecule has 1 heteroatoms. The van der Waals surface area contributed by atoms with Crippen molar-refractivity contribution in [3.63, 3.8) is 0 Å². The van der Waals surface area contributed by atoms with Gasteiger partial charge in [-0.05, 0) is 79.4 Å². The first-order valence-electron chi connectivity index (χ1n) is 8.32. The van der Waals surface area contributed by atoms with Gasteiger partial charge in [-0.25, -0.2) is 0 Å². The third-order valence-corrected chi connectivity index (χ3v) is 5.62. The van der Waals surface area contributed by atoms with Crippen LogP contribution in [-0.2, 0) is 0 Å². The molecule has 0 saturated heterocycles. The minimum absolute atomic E-state index is 0. The predicted molar refractivity (Wildman–Crippen MR) is 104 cm³/mol. The van der Waals surface area contributed by atoms with Gasteiger partial charge in [0.15, 0.2) is 0 Å². The van der Waals surface area contributed by atoms with Crippen molar-refractivity contribution >= 4 is 0 Å². The molecule has 2 saturated carbocycles. The van der Waals surface area contributed by atoms with Crippen LogP contribution < -0.4 is 0 Å². The zero-order chi connectivity index (χ0) is 18.5. The second-order valence-electron chi connectivity index (χ2n) is 6.54. The first-order valence-corrected chi connectivity index (χ1v) is 8.32. The summed E-state index contributed by atoms with van der Waals surface area (Å²) in [7, 11) is 0. The van der Waals surface area contributed by atoms with Gasteiger partial charge in [-0.15, -0.1) is 0 Å². The Bertz CT molecular complexity index is 193. The van der Waals surface area contributed by atoms with Crippen molar-refractivity contribution in [1.29, 1.82) is 0 Å². The smallest absolute Gasteiger partial charge is 0 e. The molecule has 0 unspecified atom stereocenters. The Kier molecular flexibility index (Phi) is 14.3. The van der Waals surface area contributed by atoms with E-state index in [1.165, 1.54) is 65.6 Å². The van der Waals surface area contributed by atoms with Gasteiger partial charge >= 0.3 is 0 Å². The molecule has 0 atom stereocenters. The largest absolute Gasteiger partial charge is 0.0579 e. The van der Waals surface area contributed by atoms with Gasteiger partial charge in [-0.1, -0.05) is 69.2 Å². The van der Waals surface area contributed by atoms with Gasteiger partial charge in [0.05, 0.1) is 0 Å². The van der Waals surface area contributed by atoms with Gasteiger partial charge in [0, 0.05) is 35.6 Å². The van der Waals surface area contributed by atoms with Crippen LogP contribution in [0.15, 0.2) is 0 Å². The molecule has 0 spiro atoms. The fourth-order valence-electron chi connectivity index (χ4n) is 2.81. The molecule has 0 aliphatic heterocycles. The minimum atomic E-state index is 0. The van der Waals surface area contributed by atoms with E-state index < -0.39 is 0 Å². The first-order chi connectivity index (χ1) is 10.5. The van der Waals surface area contributed by atoms with Crippen LogP contribution in [0.3, 0.4) is 0 Å². The average molecular weight is 450 g/mol. The molecule has 0 aromatic heterocycles. The maximum atomic E-state index is 3.25. The molecular weight excluding hydrogens is 415 g/mol. The van der Waals surface area contributed by atoms with Gasteiger partial charge in [-0.2, -0.15) is 0 Å². The van der Waals surface area contributed by atoms with E-state index in [4.69, 9.17) is 0 Å². The van der Waals surface area contributed by atoms with Crippen molar-refractivity contribution in [3.8, 4) is 0 Å². The van der Waals surface area contributed by atoms with Crippen LogP contribution in [0.5, 0.6) is 0 Å². The average Bonchev–Trinajstić information content (AvgIpc) is 2.80. The van der Waals surface area contributed by atoms with E-state index in [0.29, 0.717) is 0 Å². The molecule has 14 radical (unpaired) electrons. The van der Waals surface area contributed by atoms with Gasteiger partial charge in [0.25, 0.3) is 0 Å². The SMILES string of the molecule is C[C]1[C](C)[C](C)[C](C)[C]1C.C[C]1[C](C)[C](C)[C](C)[C]1C.[CH2][CH][CH2].[La]. The van der Waals surface area contributed by atoms with Crippen molar-refractivity contribution in [3.05, 3.63) is 79.4 Å². The summed E-state index contributed by atoms with van der Waals surface area (Å²) in [5.41, 5.74) is 0. The molecule has 0 bridgehead atoms. The van der Waals surface area contributed by atoms with E-state index in [-0.39, 0.29) is 35.6 Å². The summed E-state index contributed by atoms with van der Waals surface area (Å²) in [5, 5.41) is 0. The van der Waals surface area contributed by atoms with Crippen LogP contribution in [0.4, 0.5) is 0 Å². The fourth-order valence-corrected chi connectivity index (χ4v) is 2.81. The molecule has 0 heterocycles. The standard InChI is InChI=1S/2C10H15.C3H5.La/c2*1-6-7(2)9(4)10(5)8(6)3;1-3-2;/h2*1-5H3;3H,1-2H2;. The summed E-state index contributed by atoms with van der Waals surface area (Å²) in [5.74, 6) is 14.7. The van der Waals surface area contributed by atoms with Crippen molar-refractivity contribution in [2.75, 3.05) is 0 Å². The van der Waals surface area contributed by atoms with Crippen molar-refractivity contribution in [2.24, 2.45) is 0 Å². The Hall–Kier alpha value is 1.19. The molecule has 0 aromatic rings. The monoisotopic (exact) mass is 450 g/mol. The molecule has 2 fully saturated rings. The minimum Gasteiger partial charge on any atom is -0.0579 e. The van der Waals surface area contributed by atoms with Gasteiger partial charge < -0.3 is 0 Å². The Balaban J connectivity index is 0. The summed E-state index contributed by atoms with van der Waals surface area (Å²) in [4.78, 5) is 0. The zero-order valence-electron chi connectivity index (χ0n) is 17.6. The van der Waals surface area contributed by atoms with Crippen LogP contribution in [0.2, 0.25) is 0 Å². The Morgan fingerprint density at radius 3 is 0.458 bits per heavy atom. The summed E-state index contributed by atoms with van der Waals surface area (Å²) >= 11 is 0. The van der Waals surface area contributed by atoms with E-state index >= 15 is 0 Å². The normalized spacial score (nSPS) is 24.5. The quantitative estimate of drug-likeness (QED) is 0.381. The van der Waals surface area contributed by atoms with E-state index in [0.717, 1.165) is 0 Å². The molecule has 2 rings (SSSR count). The van der Waals surface area contributed by atoms with E-state index in [9.17, 15) is 0 Å². The van der Waals surface area contributed by atoms with Gasteiger partial charge in [-0.3, -0.25) is 0 Å². The maximum absolute atomic E-state index is 3.25. The molecule has 0 amide bonds. The van der Waals surface area contributed by atoms with Crippen LogP contribution in [0.25, 0.3) is 0 Å². The molecule has 0 aromatic carbocycles. The van der Waals surface area contributed by atoms with Gasteiger partial charge in [0.1, 0.15) is 0 Å². The fraction of sp³-hybridized carbons (Fsp3) is 0.435. The second kappa shape index (κ2) is 12.6. The molecule has 130 valence electrons. The van der Waals surface area contributed by atoms with Crippen LogP contribution >= 0.6 is 0 Å². The number of hydrogen-bond donors (Lipinski definition) is 0. The predicted octanol–water partition coefficient (Wildman–Crippen LogP) is 6.80. The van der Waals surface area contributed by atoms with Crippen LogP contribution in [0, 0.1) is 115 Å². The van der Waals surface area contributed by atoms with Crippen LogP contribution in [0.1, 0.15) is 69.2 Å². The van der Waals surface area contributed by atoms with E-state index in [1.54, 1.807) is 0 Å². The second-order valence-corrected chi connectivity index (χ2v) is 6.54. The third-order valence-electron chi connectivity index (χ3n) is 5.62. The Labute approximate surface area is 183 Å². The summed E-state index contributed by atoms with van der Waals surface area (Å²) < 4.78 is 0. The molecule has 24 heavy (non-hydrogen) atoms. The molecular formula is C23H35La. The summed E-state index contributed by atoms with van der Waals surface area (Å²) in [6, 6.07) is 0. The van der Waals surface area contributed by atoms with Crippen LogP contribution in [-0.4, -0.2) is 0 Å². The van der Waals surface area contributed by atoms with Crippen molar-refractivity contribution in [2.45, 2.75) is 69.2 Å². The Morgan fingerprint density at radius 1 is 0.375 bits per heavy atom. The maximum Gasteiger partial charge on any atom is 0 e.